The summed E-state index contributed by atoms with van der Waals surface area (Å²) >= 11 is 0. The number of anilines is 1. The zero-order valence-electron chi connectivity index (χ0n) is 15.3. The van der Waals surface area contributed by atoms with Crippen LogP contribution < -0.4 is 9.64 Å². The quantitative estimate of drug-likeness (QED) is 0.780. The van der Waals surface area contributed by atoms with Crippen molar-refractivity contribution in [3.63, 3.8) is 0 Å². The highest BCUT2D eigenvalue weighted by Crippen LogP contribution is 2.38. The monoisotopic (exact) mass is 340 g/mol. The molecule has 2 heterocycles. The largest absolute Gasteiger partial charge is 0.494 e. The number of hydrogen-bond acceptors (Lipinski definition) is 4. The zero-order chi connectivity index (χ0) is 17.2. The Labute approximate surface area is 150 Å². The fourth-order valence-corrected chi connectivity index (χ4v) is 3.83. The van der Waals surface area contributed by atoms with E-state index in [2.05, 4.69) is 30.0 Å². The second-order valence-electron chi connectivity index (χ2n) is 7.38. The van der Waals surface area contributed by atoms with Gasteiger partial charge in [0.1, 0.15) is 17.1 Å². The highest BCUT2D eigenvalue weighted by Gasteiger charge is 2.38. The van der Waals surface area contributed by atoms with Gasteiger partial charge in [-0.15, -0.1) is 0 Å². The second kappa shape index (κ2) is 7.20. The molecule has 0 radical (unpaired) electrons. The third kappa shape index (κ3) is 3.59. The molecule has 4 heteroatoms. The SMILES string of the molecule is CCCC[C@@H]1CN(c2ccc3cccc(OC)c3n2)C[C@H](C2CC2)O1. The summed E-state index contributed by atoms with van der Waals surface area (Å²) in [7, 11) is 1.71. The van der Waals surface area contributed by atoms with Crippen LogP contribution in [0.1, 0.15) is 39.0 Å². The van der Waals surface area contributed by atoms with Crippen molar-refractivity contribution in [1.82, 2.24) is 4.98 Å². The topological polar surface area (TPSA) is 34.6 Å². The minimum atomic E-state index is 0.328. The molecule has 1 saturated heterocycles. The van der Waals surface area contributed by atoms with E-state index < -0.39 is 0 Å². The van der Waals surface area contributed by atoms with Crippen LogP contribution >= 0.6 is 0 Å². The van der Waals surface area contributed by atoms with Crippen LogP contribution in [0.2, 0.25) is 0 Å². The maximum absolute atomic E-state index is 6.40. The lowest BCUT2D eigenvalue weighted by molar-refractivity contribution is -0.0411. The Bertz CT molecular complexity index is 729. The standard InChI is InChI=1S/C21H28N2O2/c1-3-4-7-17-13-23(14-19(25-17)15-9-10-15)20-12-11-16-6-5-8-18(24-2)21(16)22-20/h5-6,8,11-12,15,17,19H,3-4,7,9-10,13-14H2,1-2H3/t17-,19-/m1/s1. The number of morpholine rings is 1. The smallest absolute Gasteiger partial charge is 0.145 e. The predicted octanol–water partition coefficient (Wildman–Crippen LogP) is 4.42. The Morgan fingerprint density at radius 1 is 1.20 bits per heavy atom. The number of nitrogens with zero attached hydrogens (tertiary/aromatic N) is 2. The van der Waals surface area contributed by atoms with Crippen molar-refractivity contribution in [1.29, 1.82) is 0 Å². The van der Waals surface area contributed by atoms with Crippen LogP contribution in [0.25, 0.3) is 10.9 Å². The molecule has 0 unspecified atom stereocenters. The van der Waals surface area contributed by atoms with E-state index in [1.807, 2.05) is 12.1 Å². The van der Waals surface area contributed by atoms with Gasteiger partial charge in [-0.1, -0.05) is 31.9 Å². The maximum atomic E-state index is 6.40. The molecular weight excluding hydrogens is 312 g/mol. The number of hydrogen-bond donors (Lipinski definition) is 0. The molecule has 2 aromatic rings. The van der Waals surface area contributed by atoms with E-state index in [-0.39, 0.29) is 0 Å². The molecule has 1 saturated carbocycles. The zero-order valence-corrected chi connectivity index (χ0v) is 15.3. The Morgan fingerprint density at radius 2 is 2.08 bits per heavy atom. The number of rotatable bonds is 6. The van der Waals surface area contributed by atoms with E-state index in [1.165, 1.54) is 25.7 Å². The minimum Gasteiger partial charge on any atom is -0.494 e. The van der Waals surface area contributed by atoms with Gasteiger partial charge in [-0.3, -0.25) is 0 Å². The fraction of sp³-hybridized carbons (Fsp3) is 0.571. The molecule has 4 nitrogen and oxygen atoms in total. The third-order valence-corrected chi connectivity index (χ3v) is 5.43. The summed E-state index contributed by atoms with van der Waals surface area (Å²) in [6, 6.07) is 10.4. The molecular formula is C21H28N2O2. The number of unbranched alkanes of at least 4 members (excludes halogenated alkanes) is 1. The van der Waals surface area contributed by atoms with Crippen LogP contribution in [0.4, 0.5) is 5.82 Å². The van der Waals surface area contributed by atoms with Crippen molar-refractivity contribution in [3.05, 3.63) is 30.3 Å². The van der Waals surface area contributed by atoms with E-state index in [0.29, 0.717) is 12.2 Å². The number of ether oxygens (including phenoxy) is 2. The Balaban J connectivity index is 1.61. The van der Waals surface area contributed by atoms with E-state index >= 15 is 0 Å². The molecule has 25 heavy (non-hydrogen) atoms. The highest BCUT2D eigenvalue weighted by molar-refractivity contribution is 5.86. The van der Waals surface area contributed by atoms with Crippen molar-refractivity contribution in [2.45, 2.75) is 51.2 Å². The van der Waals surface area contributed by atoms with Crippen molar-refractivity contribution in [2.24, 2.45) is 5.92 Å². The molecule has 2 aliphatic rings. The summed E-state index contributed by atoms with van der Waals surface area (Å²) in [4.78, 5) is 7.37. The van der Waals surface area contributed by atoms with Crippen LogP contribution in [0.5, 0.6) is 5.75 Å². The molecule has 2 atom stereocenters. The van der Waals surface area contributed by atoms with Crippen LogP contribution in [-0.2, 0) is 4.74 Å². The molecule has 1 aromatic heterocycles. The van der Waals surface area contributed by atoms with Crippen molar-refractivity contribution in [2.75, 3.05) is 25.1 Å². The molecule has 2 fully saturated rings. The van der Waals surface area contributed by atoms with Gasteiger partial charge in [0.2, 0.25) is 0 Å². The molecule has 0 N–H and O–H groups in total. The highest BCUT2D eigenvalue weighted by atomic mass is 16.5. The summed E-state index contributed by atoms with van der Waals surface area (Å²) in [5, 5.41) is 1.12. The van der Waals surface area contributed by atoms with Gasteiger partial charge in [0.15, 0.2) is 0 Å². The van der Waals surface area contributed by atoms with E-state index in [0.717, 1.165) is 47.9 Å². The first-order valence-electron chi connectivity index (χ1n) is 9.62. The normalized spacial score (nSPS) is 23.8. The summed E-state index contributed by atoms with van der Waals surface area (Å²) in [6.07, 6.45) is 6.93. The molecule has 0 amide bonds. The average molecular weight is 340 g/mol. The lowest BCUT2D eigenvalue weighted by Crippen LogP contribution is -2.48. The Morgan fingerprint density at radius 3 is 2.84 bits per heavy atom. The third-order valence-electron chi connectivity index (χ3n) is 5.43. The van der Waals surface area contributed by atoms with Crippen LogP contribution in [-0.4, -0.2) is 37.4 Å². The first-order valence-corrected chi connectivity index (χ1v) is 9.62. The molecule has 1 aromatic carbocycles. The van der Waals surface area contributed by atoms with Crippen LogP contribution in [0.15, 0.2) is 30.3 Å². The first kappa shape index (κ1) is 16.6. The first-order chi connectivity index (χ1) is 12.3. The molecule has 1 aliphatic heterocycles. The summed E-state index contributed by atoms with van der Waals surface area (Å²) in [5.74, 6) is 2.64. The lowest BCUT2D eigenvalue weighted by atomic mass is 10.1. The molecule has 134 valence electrons. The van der Waals surface area contributed by atoms with Gasteiger partial charge in [0.05, 0.1) is 19.3 Å². The van der Waals surface area contributed by atoms with Gasteiger partial charge >= 0.3 is 0 Å². The Kier molecular flexibility index (Phi) is 4.80. The number of pyridine rings is 1. The summed E-state index contributed by atoms with van der Waals surface area (Å²) in [6.45, 7) is 4.15. The van der Waals surface area contributed by atoms with E-state index in [9.17, 15) is 0 Å². The lowest BCUT2D eigenvalue weighted by Gasteiger charge is -2.39. The van der Waals surface area contributed by atoms with Gasteiger partial charge in [-0.2, -0.15) is 0 Å². The average Bonchev–Trinajstić information content (AvgIpc) is 3.50. The van der Waals surface area contributed by atoms with Gasteiger partial charge in [-0.05, 0) is 43.4 Å². The minimum absolute atomic E-state index is 0.328. The molecule has 0 spiro atoms. The summed E-state index contributed by atoms with van der Waals surface area (Å²) < 4.78 is 11.9. The number of methoxy groups -OCH3 is 1. The molecule has 1 aliphatic carbocycles. The molecule has 0 bridgehead atoms. The number of benzene rings is 1. The van der Waals surface area contributed by atoms with E-state index in [4.69, 9.17) is 14.5 Å². The van der Waals surface area contributed by atoms with Crippen LogP contribution in [0, 0.1) is 5.92 Å². The number of fused-ring (bicyclic) bond motifs is 1. The van der Waals surface area contributed by atoms with Gasteiger partial charge in [0.25, 0.3) is 0 Å². The fourth-order valence-electron chi connectivity index (χ4n) is 3.83. The van der Waals surface area contributed by atoms with Crippen molar-refractivity contribution in [3.8, 4) is 5.75 Å². The van der Waals surface area contributed by atoms with Gasteiger partial charge in [0, 0.05) is 18.5 Å². The predicted molar refractivity (Wildman–Crippen MR) is 101 cm³/mol. The van der Waals surface area contributed by atoms with Gasteiger partial charge in [-0.25, -0.2) is 4.98 Å². The second-order valence-corrected chi connectivity index (χ2v) is 7.38. The number of aromatic nitrogens is 1. The summed E-state index contributed by atoms with van der Waals surface area (Å²) in [5.41, 5.74) is 0.946. The van der Waals surface area contributed by atoms with Crippen LogP contribution in [0.3, 0.4) is 0 Å². The number of para-hydroxylation sites is 1. The Hall–Kier alpha value is -1.81. The van der Waals surface area contributed by atoms with Crippen molar-refractivity contribution < 1.29 is 9.47 Å². The van der Waals surface area contributed by atoms with E-state index in [1.54, 1.807) is 7.11 Å². The molecule has 4 rings (SSSR count). The van der Waals surface area contributed by atoms with Crippen molar-refractivity contribution >= 4 is 16.7 Å². The maximum Gasteiger partial charge on any atom is 0.145 e. The van der Waals surface area contributed by atoms with Gasteiger partial charge < -0.3 is 14.4 Å².